The molecule has 2 aromatic rings. The summed E-state index contributed by atoms with van der Waals surface area (Å²) in [6, 6.07) is 8.35. The molecule has 0 amide bonds. The Hall–Kier alpha value is -2.47. The molecule has 26 heavy (non-hydrogen) atoms. The Bertz CT molecular complexity index is 768. The number of thiophene rings is 1. The highest BCUT2D eigenvalue weighted by atomic mass is 32.1. The van der Waals surface area contributed by atoms with Gasteiger partial charge in [-0.15, -0.1) is 17.9 Å². The van der Waals surface area contributed by atoms with Crippen LogP contribution in [0.5, 0.6) is 11.5 Å². The Labute approximate surface area is 159 Å². The third-order valence-electron chi connectivity index (χ3n) is 3.89. The lowest BCUT2D eigenvalue weighted by molar-refractivity contribution is 0.352. The third-order valence-corrected chi connectivity index (χ3v) is 4.89. The maximum atomic E-state index is 5.48. The van der Waals surface area contributed by atoms with Crippen molar-refractivity contribution in [1.29, 1.82) is 0 Å². The molecular weight excluding hydrogens is 346 g/mol. The molecule has 0 atom stereocenters. The van der Waals surface area contributed by atoms with Gasteiger partial charge in [0.1, 0.15) is 0 Å². The van der Waals surface area contributed by atoms with Crippen molar-refractivity contribution < 1.29 is 9.47 Å². The van der Waals surface area contributed by atoms with E-state index in [2.05, 4.69) is 47.3 Å². The third kappa shape index (κ3) is 5.26. The van der Waals surface area contributed by atoms with E-state index >= 15 is 0 Å². The fourth-order valence-corrected chi connectivity index (χ4v) is 3.50. The lowest BCUT2D eigenvalue weighted by Crippen LogP contribution is -2.36. The molecule has 1 aromatic heterocycles. The van der Waals surface area contributed by atoms with E-state index in [1.165, 1.54) is 9.75 Å². The number of hydrogen-bond acceptors (Lipinski definition) is 4. The lowest BCUT2D eigenvalue weighted by atomic mass is 10.1. The highest BCUT2D eigenvalue weighted by molar-refractivity contribution is 7.11. The number of guanidine groups is 1. The molecule has 0 aliphatic rings. The predicted octanol–water partition coefficient (Wildman–Crippen LogP) is 3.67. The van der Waals surface area contributed by atoms with Gasteiger partial charge in [-0.2, -0.15) is 0 Å². The summed E-state index contributed by atoms with van der Waals surface area (Å²) in [5.74, 6) is 2.24. The Morgan fingerprint density at radius 3 is 2.54 bits per heavy atom. The Morgan fingerprint density at radius 1 is 1.19 bits per heavy atom. The van der Waals surface area contributed by atoms with E-state index in [0.29, 0.717) is 6.54 Å². The van der Waals surface area contributed by atoms with Crippen LogP contribution in [0.4, 0.5) is 0 Å². The van der Waals surface area contributed by atoms with E-state index in [-0.39, 0.29) is 0 Å². The van der Waals surface area contributed by atoms with Crippen LogP contribution in [-0.4, -0.2) is 27.2 Å². The second-order valence-electron chi connectivity index (χ2n) is 5.77. The molecule has 0 radical (unpaired) electrons. The first-order valence-electron chi connectivity index (χ1n) is 8.45. The van der Waals surface area contributed by atoms with Gasteiger partial charge in [-0.05, 0) is 43.2 Å². The number of allylic oxidation sites excluding steroid dienone is 1. The first-order valence-corrected chi connectivity index (χ1v) is 9.27. The van der Waals surface area contributed by atoms with E-state index in [0.717, 1.165) is 41.6 Å². The molecule has 0 aliphatic heterocycles. The summed E-state index contributed by atoms with van der Waals surface area (Å²) in [4.78, 5) is 6.88. The van der Waals surface area contributed by atoms with Crippen LogP contribution in [-0.2, 0) is 19.5 Å². The SMILES string of the molecule is C=CCc1cc(CNC(=NC)NCc2ccc(C)s2)cc(OC)c1OC. The van der Waals surface area contributed by atoms with Gasteiger partial charge in [0.05, 0.1) is 20.8 Å². The fourth-order valence-electron chi connectivity index (χ4n) is 2.67. The molecule has 0 unspecified atom stereocenters. The second kappa shape index (κ2) is 9.87. The molecule has 0 aliphatic carbocycles. The number of ether oxygens (including phenoxy) is 2. The van der Waals surface area contributed by atoms with Crippen LogP contribution >= 0.6 is 11.3 Å². The molecule has 2 N–H and O–H groups in total. The standard InChI is InChI=1S/C20H27N3O2S/c1-6-7-16-10-15(11-18(24-4)19(16)25-5)12-22-20(21-3)23-13-17-9-8-14(2)26-17/h6,8-11H,1,7,12-13H2,2-5H3,(H2,21,22,23). The molecule has 5 nitrogen and oxygen atoms in total. The van der Waals surface area contributed by atoms with E-state index in [1.54, 1.807) is 32.6 Å². The van der Waals surface area contributed by atoms with Gasteiger partial charge >= 0.3 is 0 Å². The van der Waals surface area contributed by atoms with Crippen molar-refractivity contribution in [3.63, 3.8) is 0 Å². The number of hydrogen-bond donors (Lipinski definition) is 2. The van der Waals surface area contributed by atoms with Crippen LogP contribution in [0.15, 0.2) is 41.9 Å². The zero-order valence-corrected chi connectivity index (χ0v) is 16.7. The molecule has 0 bridgehead atoms. The molecular formula is C20H27N3O2S. The topological polar surface area (TPSA) is 54.9 Å². The molecule has 1 heterocycles. The summed E-state index contributed by atoms with van der Waals surface area (Å²) in [6.45, 7) is 7.32. The van der Waals surface area contributed by atoms with Crippen molar-refractivity contribution in [3.05, 3.63) is 57.8 Å². The van der Waals surface area contributed by atoms with Crippen molar-refractivity contribution in [2.45, 2.75) is 26.4 Å². The summed E-state index contributed by atoms with van der Waals surface area (Å²) in [7, 11) is 5.07. The average Bonchev–Trinajstić information content (AvgIpc) is 3.07. The number of rotatable bonds is 8. The van der Waals surface area contributed by atoms with Crippen LogP contribution in [0.3, 0.4) is 0 Å². The maximum Gasteiger partial charge on any atom is 0.191 e. The summed E-state index contributed by atoms with van der Waals surface area (Å²) < 4.78 is 11.0. The quantitative estimate of drug-likeness (QED) is 0.421. The highest BCUT2D eigenvalue weighted by Gasteiger charge is 2.12. The molecule has 1 aromatic carbocycles. The minimum atomic E-state index is 0.633. The number of aryl methyl sites for hydroxylation is 1. The van der Waals surface area contributed by atoms with Crippen molar-refractivity contribution in [3.8, 4) is 11.5 Å². The van der Waals surface area contributed by atoms with Crippen molar-refractivity contribution in [1.82, 2.24) is 10.6 Å². The van der Waals surface area contributed by atoms with Gasteiger partial charge in [0.15, 0.2) is 17.5 Å². The van der Waals surface area contributed by atoms with Gasteiger partial charge in [-0.1, -0.05) is 6.08 Å². The van der Waals surface area contributed by atoms with E-state index in [4.69, 9.17) is 9.47 Å². The molecule has 0 saturated heterocycles. The van der Waals surface area contributed by atoms with Gasteiger partial charge in [0.2, 0.25) is 0 Å². The fraction of sp³-hybridized carbons (Fsp3) is 0.350. The number of nitrogens with zero attached hydrogens (tertiary/aromatic N) is 1. The second-order valence-corrected chi connectivity index (χ2v) is 7.15. The summed E-state index contributed by atoms with van der Waals surface area (Å²) in [6.07, 6.45) is 2.58. The minimum Gasteiger partial charge on any atom is -0.493 e. The monoisotopic (exact) mass is 373 g/mol. The van der Waals surface area contributed by atoms with E-state index in [1.807, 2.05) is 12.1 Å². The molecule has 0 spiro atoms. The molecule has 0 saturated carbocycles. The zero-order valence-electron chi connectivity index (χ0n) is 15.9. The first-order chi connectivity index (χ1) is 12.6. The first kappa shape index (κ1) is 19.8. The Morgan fingerprint density at radius 2 is 1.96 bits per heavy atom. The maximum absolute atomic E-state index is 5.48. The average molecular weight is 374 g/mol. The number of methoxy groups -OCH3 is 2. The Kier molecular flexibility index (Phi) is 7.53. The largest absolute Gasteiger partial charge is 0.493 e. The molecule has 140 valence electrons. The predicted molar refractivity (Wildman–Crippen MR) is 110 cm³/mol. The van der Waals surface area contributed by atoms with Gasteiger partial charge in [-0.25, -0.2) is 0 Å². The minimum absolute atomic E-state index is 0.633. The van der Waals surface area contributed by atoms with Crippen molar-refractivity contribution in [2.24, 2.45) is 4.99 Å². The van der Waals surface area contributed by atoms with Crippen LogP contribution in [0, 0.1) is 6.92 Å². The van der Waals surface area contributed by atoms with Crippen LogP contribution < -0.4 is 20.1 Å². The summed E-state index contributed by atoms with van der Waals surface area (Å²) in [5.41, 5.74) is 2.14. The normalized spacial score (nSPS) is 11.2. The van der Waals surface area contributed by atoms with Crippen LogP contribution in [0.25, 0.3) is 0 Å². The van der Waals surface area contributed by atoms with Gasteiger partial charge in [-0.3, -0.25) is 4.99 Å². The van der Waals surface area contributed by atoms with Gasteiger partial charge in [0.25, 0.3) is 0 Å². The molecule has 0 fully saturated rings. The highest BCUT2D eigenvalue weighted by Crippen LogP contribution is 2.33. The smallest absolute Gasteiger partial charge is 0.191 e. The number of benzene rings is 1. The molecule has 2 rings (SSSR count). The van der Waals surface area contributed by atoms with Crippen molar-refractivity contribution >= 4 is 17.3 Å². The summed E-state index contributed by atoms with van der Waals surface area (Å²) in [5, 5.41) is 6.68. The van der Waals surface area contributed by atoms with Crippen LogP contribution in [0.1, 0.15) is 20.9 Å². The number of nitrogens with one attached hydrogen (secondary N) is 2. The molecule has 6 heteroatoms. The Balaban J connectivity index is 2.04. The zero-order chi connectivity index (χ0) is 18.9. The van der Waals surface area contributed by atoms with Gasteiger partial charge in [0, 0.05) is 28.9 Å². The van der Waals surface area contributed by atoms with Gasteiger partial charge < -0.3 is 20.1 Å². The summed E-state index contributed by atoms with van der Waals surface area (Å²) >= 11 is 1.79. The van der Waals surface area contributed by atoms with E-state index in [9.17, 15) is 0 Å². The van der Waals surface area contributed by atoms with Crippen molar-refractivity contribution in [2.75, 3.05) is 21.3 Å². The van der Waals surface area contributed by atoms with Crippen LogP contribution in [0.2, 0.25) is 0 Å². The lowest BCUT2D eigenvalue weighted by Gasteiger charge is -2.16. The van der Waals surface area contributed by atoms with E-state index < -0.39 is 0 Å². The number of aliphatic imine (C=N–C) groups is 1.